The molecule has 0 bridgehead atoms. The summed E-state index contributed by atoms with van der Waals surface area (Å²) in [7, 11) is 0. The zero-order valence-electron chi connectivity index (χ0n) is 19.9. The summed E-state index contributed by atoms with van der Waals surface area (Å²) < 4.78 is 5.92. The molecule has 1 unspecified atom stereocenters. The van der Waals surface area contributed by atoms with Gasteiger partial charge in [-0.2, -0.15) is 0 Å². The molecule has 0 saturated carbocycles. The van der Waals surface area contributed by atoms with Gasteiger partial charge in [0.05, 0.1) is 11.1 Å². The molecule has 2 aliphatic heterocycles. The Hall–Kier alpha value is -2.92. The summed E-state index contributed by atoms with van der Waals surface area (Å²) in [6.07, 6.45) is 4.05. The second kappa shape index (κ2) is 8.45. The van der Waals surface area contributed by atoms with Crippen LogP contribution >= 0.6 is 0 Å². The number of likely N-dealkylation sites (tertiary alicyclic amines) is 1. The first-order valence-electron chi connectivity index (χ1n) is 12.1. The van der Waals surface area contributed by atoms with Crippen molar-refractivity contribution in [3.63, 3.8) is 0 Å². The Kier molecular flexibility index (Phi) is 5.61. The molecule has 33 heavy (non-hydrogen) atoms. The third kappa shape index (κ3) is 4.22. The molecule has 3 aromatic rings. The monoisotopic (exact) mass is 443 g/mol. The number of carbonyl (C=O) groups excluding carboxylic acids is 1. The summed E-state index contributed by atoms with van der Waals surface area (Å²) in [6, 6.07) is 14.5. The predicted molar refractivity (Wildman–Crippen MR) is 133 cm³/mol. The molecule has 0 aliphatic carbocycles. The number of hydrogen-bond acceptors (Lipinski definition) is 4. The van der Waals surface area contributed by atoms with Gasteiger partial charge in [0.1, 0.15) is 5.82 Å². The molecule has 0 radical (unpaired) electrons. The van der Waals surface area contributed by atoms with Gasteiger partial charge in [-0.25, -0.2) is 4.98 Å². The smallest absolute Gasteiger partial charge is 0.254 e. The number of fused-ring (bicyclic) bond motifs is 1. The third-order valence-electron chi connectivity index (χ3n) is 7.20. The van der Waals surface area contributed by atoms with Crippen molar-refractivity contribution in [1.29, 1.82) is 0 Å². The van der Waals surface area contributed by atoms with Crippen molar-refractivity contribution in [2.24, 2.45) is 0 Å². The van der Waals surface area contributed by atoms with Crippen LogP contribution in [0.15, 0.2) is 42.5 Å². The molecule has 2 saturated heterocycles. The van der Waals surface area contributed by atoms with Crippen molar-refractivity contribution in [3.8, 4) is 11.1 Å². The van der Waals surface area contributed by atoms with E-state index in [4.69, 9.17) is 15.5 Å². The molecule has 5 heteroatoms. The fraction of sp³-hybridized carbons (Fsp3) is 0.429. The van der Waals surface area contributed by atoms with Gasteiger partial charge >= 0.3 is 0 Å². The molecule has 2 fully saturated rings. The van der Waals surface area contributed by atoms with Crippen LogP contribution in [0.25, 0.3) is 22.0 Å². The average molecular weight is 444 g/mol. The second-order valence-corrected chi connectivity index (χ2v) is 10.2. The van der Waals surface area contributed by atoms with Gasteiger partial charge in [-0.15, -0.1) is 0 Å². The number of pyridine rings is 1. The van der Waals surface area contributed by atoms with Crippen LogP contribution in [0.5, 0.6) is 0 Å². The Morgan fingerprint density at radius 2 is 1.94 bits per heavy atom. The van der Waals surface area contributed by atoms with Crippen LogP contribution in [0.4, 0.5) is 5.82 Å². The van der Waals surface area contributed by atoms with E-state index in [0.29, 0.717) is 11.7 Å². The lowest BCUT2D eigenvalue weighted by atomic mass is 9.83. The summed E-state index contributed by atoms with van der Waals surface area (Å²) in [5, 5.41) is 1.06. The number of anilines is 1. The van der Waals surface area contributed by atoms with Crippen LogP contribution in [0.1, 0.15) is 66.9 Å². The maximum atomic E-state index is 13.3. The molecule has 0 spiro atoms. The molecule has 1 amide bonds. The number of benzene rings is 2. The highest BCUT2D eigenvalue weighted by Gasteiger charge is 2.31. The SMILES string of the molecule is Cc1cccc(C(=O)N2CCCC2)c1-c1ccc2nc(N)c(C3CCOC(C)(C)C3)cc2c1. The molecule has 1 aromatic heterocycles. The first-order valence-corrected chi connectivity index (χ1v) is 12.1. The zero-order valence-corrected chi connectivity index (χ0v) is 19.9. The van der Waals surface area contributed by atoms with Gasteiger partial charge in [-0.3, -0.25) is 4.79 Å². The van der Waals surface area contributed by atoms with Crippen molar-refractivity contribution in [2.45, 2.75) is 58.0 Å². The largest absolute Gasteiger partial charge is 0.383 e. The first kappa shape index (κ1) is 21.9. The van der Waals surface area contributed by atoms with Gasteiger partial charge in [0.25, 0.3) is 5.91 Å². The second-order valence-electron chi connectivity index (χ2n) is 10.2. The lowest BCUT2D eigenvalue weighted by Crippen LogP contribution is -2.33. The van der Waals surface area contributed by atoms with Crippen LogP contribution in [-0.4, -0.2) is 41.1 Å². The predicted octanol–water partition coefficient (Wildman–Crippen LogP) is 5.70. The summed E-state index contributed by atoms with van der Waals surface area (Å²) in [4.78, 5) is 20.0. The molecule has 3 heterocycles. The summed E-state index contributed by atoms with van der Waals surface area (Å²) >= 11 is 0. The quantitative estimate of drug-likeness (QED) is 0.564. The highest BCUT2D eigenvalue weighted by Crippen LogP contribution is 2.39. The number of nitrogen functional groups attached to an aromatic ring is 1. The standard InChI is InChI=1S/C28H33N3O2/c1-18-7-6-8-22(27(32)31-12-4-5-13-31)25(18)19-9-10-24-21(15-19)16-23(26(29)30-24)20-11-14-33-28(2,3)17-20/h6-10,15-16,20H,4-5,11-14,17H2,1-3H3,(H2,29,30). The van der Waals surface area contributed by atoms with Crippen LogP contribution in [0.2, 0.25) is 0 Å². The fourth-order valence-electron chi connectivity index (χ4n) is 5.51. The van der Waals surface area contributed by atoms with E-state index in [9.17, 15) is 4.79 Å². The zero-order chi connectivity index (χ0) is 23.2. The minimum absolute atomic E-state index is 0.131. The fourth-order valence-corrected chi connectivity index (χ4v) is 5.51. The van der Waals surface area contributed by atoms with Gasteiger partial charge in [0.2, 0.25) is 0 Å². The molecule has 2 aromatic carbocycles. The van der Waals surface area contributed by atoms with Gasteiger partial charge < -0.3 is 15.4 Å². The molecule has 5 rings (SSSR count). The molecular weight excluding hydrogens is 410 g/mol. The minimum atomic E-state index is -0.155. The first-order chi connectivity index (χ1) is 15.8. The number of aromatic nitrogens is 1. The Labute approximate surface area is 195 Å². The highest BCUT2D eigenvalue weighted by atomic mass is 16.5. The number of aryl methyl sites for hydroxylation is 1. The van der Waals surface area contributed by atoms with Crippen LogP contribution < -0.4 is 5.73 Å². The van der Waals surface area contributed by atoms with Gasteiger partial charge in [0, 0.05) is 30.6 Å². The van der Waals surface area contributed by atoms with E-state index in [-0.39, 0.29) is 11.5 Å². The van der Waals surface area contributed by atoms with Crippen LogP contribution in [0.3, 0.4) is 0 Å². The van der Waals surface area contributed by atoms with E-state index in [1.165, 1.54) is 0 Å². The van der Waals surface area contributed by atoms with Crippen LogP contribution in [0, 0.1) is 6.92 Å². The van der Waals surface area contributed by atoms with E-state index < -0.39 is 0 Å². The van der Waals surface area contributed by atoms with Crippen LogP contribution in [-0.2, 0) is 4.74 Å². The normalized spacial score (nSPS) is 20.3. The molecule has 2 N–H and O–H groups in total. The van der Waals surface area contributed by atoms with E-state index in [0.717, 1.165) is 84.1 Å². The molecular formula is C28H33N3O2. The Bertz CT molecular complexity index is 1210. The van der Waals surface area contributed by atoms with Crippen molar-refractivity contribution >= 4 is 22.6 Å². The number of nitrogens with zero attached hydrogens (tertiary/aromatic N) is 2. The number of rotatable bonds is 3. The van der Waals surface area contributed by atoms with Gasteiger partial charge in [-0.05, 0) is 98.9 Å². The maximum absolute atomic E-state index is 13.3. The lowest BCUT2D eigenvalue weighted by molar-refractivity contribution is -0.0592. The molecule has 172 valence electrons. The lowest BCUT2D eigenvalue weighted by Gasteiger charge is -2.36. The molecule has 2 aliphatic rings. The topological polar surface area (TPSA) is 68.5 Å². The van der Waals surface area contributed by atoms with E-state index in [1.54, 1.807) is 0 Å². The highest BCUT2D eigenvalue weighted by molar-refractivity contribution is 6.02. The molecule has 1 atom stereocenters. The number of hydrogen-bond donors (Lipinski definition) is 1. The van der Waals surface area contributed by atoms with E-state index in [2.05, 4.69) is 45.0 Å². The molecule has 5 nitrogen and oxygen atoms in total. The maximum Gasteiger partial charge on any atom is 0.254 e. The Balaban J connectivity index is 1.58. The van der Waals surface area contributed by atoms with Crippen molar-refractivity contribution in [1.82, 2.24) is 9.88 Å². The number of carbonyl (C=O) groups is 1. The van der Waals surface area contributed by atoms with Crippen molar-refractivity contribution in [2.75, 3.05) is 25.4 Å². The van der Waals surface area contributed by atoms with E-state index >= 15 is 0 Å². The number of amides is 1. The third-order valence-corrected chi connectivity index (χ3v) is 7.20. The summed E-state index contributed by atoms with van der Waals surface area (Å²) in [5.41, 5.74) is 12.2. The summed E-state index contributed by atoms with van der Waals surface area (Å²) in [5.74, 6) is 1.07. The average Bonchev–Trinajstić information content (AvgIpc) is 3.32. The number of ether oxygens (including phenoxy) is 1. The van der Waals surface area contributed by atoms with Crippen molar-refractivity contribution in [3.05, 3.63) is 59.2 Å². The minimum Gasteiger partial charge on any atom is -0.383 e. The Morgan fingerprint density at radius 3 is 2.70 bits per heavy atom. The van der Waals surface area contributed by atoms with E-state index in [1.807, 2.05) is 23.1 Å². The van der Waals surface area contributed by atoms with Gasteiger partial charge in [0.15, 0.2) is 0 Å². The summed E-state index contributed by atoms with van der Waals surface area (Å²) in [6.45, 7) is 8.78. The number of nitrogens with two attached hydrogens (primary N) is 1. The van der Waals surface area contributed by atoms with Crippen molar-refractivity contribution < 1.29 is 9.53 Å². The Morgan fingerprint density at radius 1 is 1.15 bits per heavy atom. The van der Waals surface area contributed by atoms with Gasteiger partial charge in [-0.1, -0.05) is 18.2 Å².